The van der Waals surface area contributed by atoms with Gasteiger partial charge in [0.05, 0.1) is 53.7 Å². The molecule has 0 aromatic heterocycles. The van der Waals surface area contributed by atoms with Gasteiger partial charge in [0, 0.05) is 24.2 Å². The SMILES string of the molecule is COc1ccc(CC(=O)N2CCOC(COCc3ccccc3F)C2)c(OC)c1OC. The number of halogens is 1. The van der Waals surface area contributed by atoms with Gasteiger partial charge in [-0.15, -0.1) is 0 Å². The summed E-state index contributed by atoms with van der Waals surface area (Å²) in [7, 11) is 4.60. The molecule has 0 bridgehead atoms. The van der Waals surface area contributed by atoms with Crippen LogP contribution >= 0.6 is 0 Å². The van der Waals surface area contributed by atoms with Crippen molar-refractivity contribution in [2.75, 3.05) is 47.6 Å². The van der Waals surface area contributed by atoms with E-state index in [0.717, 1.165) is 0 Å². The average Bonchev–Trinajstić information content (AvgIpc) is 2.80. The number of morpholine rings is 1. The summed E-state index contributed by atoms with van der Waals surface area (Å²) in [6, 6.07) is 10.0. The Morgan fingerprint density at radius 1 is 1.06 bits per heavy atom. The molecule has 7 nitrogen and oxygen atoms in total. The molecule has 1 amide bonds. The topological polar surface area (TPSA) is 66.5 Å². The molecule has 168 valence electrons. The fraction of sp³-hybridized carbons (Fsp3) is 0.435. The summed E-state index contributed by atoms with van der Waals surface area (Å²) in [5.41, 5.74) is 1.20. The molecule has 0 N–H and O–H groups in total. The summed E-state index contributed by atoms with van der Waals surface area (Å²) >= 11 is 0. The highest BCUT2D eigenvalue weighted by atomic mass is 19.1. The Hall–Kier alpha value is -2.84. The van der Waals surface area contributed by atoms with Crippen LogP contribution in [0.15, 0.2) is 36.4 Å². The lowest BCUT2D eigenvalue weighted by Gasteiger charge is -2.33. The Bertz CT molecular complexity index is 890. The van der Waals surface area contributed by atoms with E-state index in [4.69, 9.17) is 23.7 Å². The fourth-order valence-corrected chi connectivity index (χ4v) is 3.54. The first-order valence-corrected chi connectivity index (χ1v) is 10.1. The van der Waals surface area contributed by atoms with E-state index in [2.05, 4.69) is 0 Å². The van der Waals surface area contributed by atoms with Gasteiger partial charge in [0.2, 0.25) is 11.7 Å². The highest BCUT2D eigenvalue weighted by Crippen LogP contribution is 2.40. The van der Waals surface area contributed by atoms with Crippen LogP contribution in [0.2, 0.25) is 0 Å². The molecule has 1 fully saturated rings. The van der Waals surface area contributed by atoms with E-state index in [-0.39, 0.29) is 37.5 Å². The summed E-state index contributed by atoms with van der Waals surface area (Å²) in [5, 5.41) is 0. The Kier molecular flexibility index (Phi) is 8.08. The van der Waals surface area contributed by atoms with Crippen LogP contribution in [0.1, 0.15) is 11.1 Å². The Morgan fingerprint density at radius 3 is 2.55 bits per heavy atom. The molecule has 31 heavy (non-hydrogen) atoms. The molecule has 0 radical (unpaired) electrons. The van der Waals surface area contributed by atoms with E-state index < -0.39 is 0 Å². The first-order valence-electron chi connectivity index (χ1n) is 10.1. The molecular formula is C23H28FNO6. The summed E-state index contributed by atoms with van der Waals surface area (Å²) in [5.74, 6) is 1.12. The molecule has 1 saturated heterocycles. The van der Waals surface area contributed by atoms with E-state index in [1.165, 1.54) is 20.3 Å². The Morgan fingerprint density at radius 2 is 1.84 bits per heavy atom. The smallest absolute Gasteiger partial charge is 0.227 e. The van der Waals surface area contributed by atoms with E-state index in [0.29, 0.717) is 48.1 Å². The lowest BCUT2D eigenvalue weighted by molar-refractivity contribution is -0.140. The number of nitrogens with zero attached hydrogens (tertiary/aromatic N) is 1. The van der Waals surface area contributed by atoms with Crippen LogP contribution in [0.5, 0.6) is 17.2 Å². The summed E-state index contributed by atoms with van der Waals surface area (Å²) in [6.07, 6.45) is -0.108. The van der Waals surface area contributed by atoms with Crippen LogP contribution in [0, 0.1) is 5.82 Å². The lowest BCUT2D eigenvalue weighted by atomic mass is 10.1. The molecule has 2 aromatic rings. The van der Waals surface area contributed by atoms with Crippen molar-refractivity contribution < 1.29 is 32.9 Å². The molecule has 0 aliphatic carbocycles. The number of hydrogen-bond acceptors (Lipinski definition) is 6. The van der Waals surface area contributed by atoms with Gasteiger partial charge in [-0.3, -0.25) is 4.79 Å². The molecule has 0 spiro atoms. The number of ether oxygens (including phenoxy) is 5. The van der Waals surface area contributed by atoms with Gasteiger partial charge in [-0.25, -0.2) is 4.39 Å². The summed E-state index contributed by atoms with van der Waals surface area (Å²) < 4.78 is 41.2. The third-order valence-electron chi connectivity index (χ3n) is 5.14. The van der Waals surface area contributed by atoms with Crippen molar-refractivity contribution >= 4 is 5.91 Å². The average molecular weight is 433 g/mol. The van der Waals surface area contributed by atoms with Gasteiger partial charge in [-0.1, -0.05) is 24.3 Å². The predicted molar refractivity (Wildman–Crippen MR) is 112 cm³/mol. The fourth-order valence-electron chi connectivity index (χ4n) is 3.54. The molecule has 1 unspecified atom stereocenters. The predicted octanol–water partition coefficient (Wildman–Crippen LogP) is 2.84. The monoisotopic (exact) mass is 433 g/mol. The van der Waals surface area contributed by atoms with Crippen LogP contribution < -0.4 is 14.2 Å². The van der Waals surface area contributed by atoms with Crippen molar-refractivity contribution in [1.29, 1.82) is 0 Å². The molecule has 1 heterocycles. The van der Waals surface area contributed by atoms with Gasteiger partial charge < -0.3 is 28.6 Å². The molecule has 2 aromatic carbocycles. The third kappa shape index (κ3) is 5.65. The van der Waals surface area contributed by atoms with Gasteiger partial charge in [0.25, 0.3) is 0 Å². The van der Waals surface area contributed by atoms with Crippen molar-refractivity contribution in [3.05, 3.63) is 53.3 Å². The molecule has 0 saturated carbocycles. The molecule has 1 aliphatic rings. The van der Waals surface area contributed by atoms with Crippen molar-refractivity contribution in [3.63, 3.8) is 0 Å². The van der Waals surface area contributed by atoms with E-state index in [1.54, 1.807) is 42.3 Å². The number of carbonyl (C=O) groups excluding carboxylic acids is 1. The van der Waals surface area contributed by atoms with Crippen LogP contribution in [0.25, 0.3) is 0 Å². The number of carbonyl (C=O) groups is 1. The quantitative estimate of drug-likeness (QED) is 0.606. The number of rotatable bonds is 9. The highest BCUT2D eigenvalue weighted by molar-refractivity contribution is 5.80. The second-order valence-electron chi connectivity index (χ2n) is 7.11. The number of benzene rings is 2. The number of hydrogen-bond donors (Lipinski definition) is 0. The van der Waals surface area contributed by atoms with Crippen molar-refractivity contribution in [3.8, 4) is 17.2 Å². The van der Waals surface area contributed by atoms with Crippen LogP contribution in [0.3, 0.4) is 0 Å². The molecule has 8 heteroatoms. The Balaban J connectivity index is 1.58. The van der Waals surface area contributed by atoms with Gasteiger partial charge >= 0.3 is 0 Å². The standard InChI is InChI=1S/C23H28FNO6/c1-27-20-9-8-16(22(28-2)23(20)29-3)12-21(26)25-10-11-31-18(13-25)15-30-14-17-6-4-5-7-19(17)24/h4-9,18H,10-15H2,1-3H3. The van der Waals surface area contributed by atoms with Crippen molar-refractivity contribution in [2.24, 2.45) is 0 Å². The number of amides is 1. The zero-order valence-electron chi connectivity index (χ0n) is 18.1. The second kappa shape index (κ2) is 11.0. The van der Waals surface area contributed by atoms with Gasteiger partial charge in [-0.05, 0) is 12.1 Å². The van der Waals surface area contributed by atoms with Gasteiger partial charge in [0.1, 0.15) is 5.82 Å². The van der Waals surface area contributed by atoms with Crippen LogP contribution in [0.4, 0.5) is 4.39 Å². The first kappa shape index (κ1) is 22.8. The largest absolute Gasteiger partial charge is 0.493 e. The first-order chi connectivity index (χ1) is 15.1. The van der Waals surface area contributed by atoms with Crippen molar-refractivity contribution in [2.45, 2.75) is 19.1 Å². The zero-order chi connectivity index (χ0) is 22.2. The van der Waals surface area contributed by atoms with Crippen LogP contribution in [-0.4, -0.2) is 64.5 Å². The molecule has 1 atom stereocenters. The molecule has 3 rings (SSSR count). The maximum Gasteiger partial charge on any atom is 0.227 e. The van der Waals surface area contributed by atoms with E-state index >= 15 is 0 Å². The zero-order valence-corrected chi connectivity index (χ0v) is 18.1. The maximum absolute atomic E-state index is 13.7. The summed E-state index contributed by atoms with van der Waals surface area (Å²) in [6.45, 7) is 1.76. The minimum absolute atomic E-state index is 0.0482. The number of methoxy groups -OCH3 is 3. The van der Waals surface area contributed by atoms with Gasteiger partial charge in [-0.2, -0.15) is 0 Å². The summed E-state index contributed by atoms with van der Waals surface area (Å²) in [4.78, 5) is 14.7. The van der Waals surface area contributed by atoms with Gasteiger partial charge in [0.15, 0.2) is 11.5 Å². The molecule has 1 aliphatic heterocycles. The minimum Gasteiger partial charge on any atom is -0.493 e. The maximum atomic E-state index is 13.7. The second-order valence-corrected chi connectivity index (χ2v) is 7.11. The molecular weight excluding hydrogens is 405 g/mol. The third-order valence-corrected chi connectivity index (χ3v) is 5.14. The lowest BCUT2D eigenvalue weighted by Crippen LogP contribution is -2.47. The normalized spacial score (nSPS) is 16.1. The van der Waals surface area contributed by atoms with E-state index in [1.807, 2.05) is 0 Å². The highest BCUT2D eigenvalue weighted by Gasteiger charge is 2.26. The Labute approximate surface area is 181 Å². The van der Waals surface area contributed by atoms with Crippen LogP contribution in [-0.2, 0) is 27.3 Å². The van der Waals surface area contributed by atoms with Crippen molar-refractivity contribution in [1.82, 2.24) is 4.90 Å². The van der Waals surface area contributed by atoms with E-state index in [9.17, 15) is 9.18 Å². The minimum atomic E-state index is -0.298.